The normalized spacial score (nSPS) is 18.4. The van der Waals surface area contributed by atoms with Gasteiger partial charge < -0.3 is 24.7 Å². The molecule has 2 aliphatic rings. The Balaban J connectivity index is 1.25. The number of carbonyl (C=O) groups is 1. The van der Waals surface area contributed by atoms with Crippen LogP contribution in [-0.2, 0) is 11.3 Å². The second kappa shape index (κ2) is 6.99. The average molecular weight is 380 g/mol. The van der Waals surface area contributed by atoms with Crippen molar-refractivity contribution in [1.29, 1.82) is 0 Å². The number of benzene rings is 1. The van der Waals surface area contributed by atoms with E-state index < -0.39 is 0 Å². The molecule has 1 saturated heterocycles. The quantitative estimate of drug-likeness (QED) is 0.708. The number of fused-ring (bicyclic) bond motifs is 2. The highest BCUT2D eigenvalue weighted by Crippen LogP contribution is 2.32. The molecule has 144 valence electrons. The fourth-order valence-electron chi connectivity index (χ4n) is 3.76. The van der Waals surface area contributed by atoms with E-state index in [2.05, 4.69) is 30.2 Å². The summed E-state index contributed by atoms with van der Waals surface area (Å²) in [6, 6.07) is 5.72. The van der Waals surface area contributed by atoms with E-state index in [0.29, 0.717) is 18.7 Å². The zero-order valence-corrected chi connectivity index (χ0v) is 15.2. The molecule has 0 unspecified atom stereocenters. The number of piperidine rings is 1. The molecule has 0 bridgehead atoms. The number of aromatic nitrogens is 4. The minimum absolute atomic E-state index is 0.0530. The van der Waals surface area contributed by atoms with Crippen molar-refractivity contribution in [2.24, 2.45) is 5.92 Å². The molecule has 2 aliphatic heterocycles. The molecule has 0 radical (unpaired) electrons. The predicted octanol–water partition coefficient (Wildman–Crippen LogP) is 1.61. The number of amides is 1. The number of nitrogens with zero attached hydrogens (tertiary/aromatic N) is 4. The first-order valence-corrected chi connectivity index (χ1v) is 9.33. The van der Waals surface area contributed by atoms with Crippen molar-refractivity contribution in [3.05, 3.63) is 36.4 Å². The molecular formula is C19H20N6O3. The maximum Gasteiger partial charge on any atom is 0.231 e. The lowest BCUT2D eigenvalue weighted by molar-refractivity contribution is -0.125. The molecule has 0 spiro atoms. The fraction of sp³-hybridized carbons (Fsp3) is 0.368. The van der Waals surface area contributed by atoms with Crippen molar-refractivity contribution < 1.29 is 14.3 Å². The zero-order chi connectivity index (χ0) is 18.9. The molecule has 2 N–H and O–H groups in total. The first-order chi connectivity index (χ1) is 13.8. The summed E-state index contributed by atoms with van der Waals surface area (Å²) in [4.78, 5) is 30.7. The minimum atomic E-state index is -0.0873. The number of hydrogen-bond acceptors (Lipinski definition) is 7. The number of ether oxygens (including phenoxy) is 2. The van der Waals surface area contributed by atoms with Gasteiger partial charge in [0.25, 0.3) is 0 Å². The van der Waals surface area contributed by atoms with Crippen LogP contribution in [0.3, 0.4) is 0 Å². The van der Waals surface area contributed by atoms with Crippen LogP contribution in [0.1, 0.15) is 18.4 Å². The maximum atomic E-state index is 12.7. The molecule has 1 aromatic carbocycles. The van der Waals surface area contributed by atoms with Crippen molar-refractivity contribution >= 4 is 22.9 Å². The summed E-state index contributed by atoms with van der Waals surface area (Å²) in [6.45, 7) is 2.19. The van der Waals surface area contributed by atoms with Crippen LogP contribution in [0, 0.1) is 5.92 Å². The van der Waals surface area contributed by atoms with Crippen molar-refractivity contribution in [3.63, 3.8) is 0 Å². The summed E-state index contributed by atoms with van der Waals surface area (Å²) in [5.74, 6) is 2.24. The monoisotopic (exact) mass is 380 g/mol. The van der Waals surface area contributed by atoms with Gasteiger partial charge in [0.2, 0.25) is 12.7 Å². The first kappa shape index (κ1) is 16.8. The molecule has 0 saturated carbocycles. The van der Waals surface area contributed by atoms with Crippen LogP contribution < -0.4 is 19.7 Å². The summed E-state index contributed by atoms with van der Waals surface area (Å²) >= 11 is 0. The zero-order valence-electron chi connectivity index (χ0n) is 15.2. The maximum absolute atomic E-state index is 12.7. The number of anilines is 1. The molecule has 28 heavy (non-hydrogen) atoms. The van der Waals surface area contributed by atoms with Crippen LogP contribution in [0.5, 0.6) is 11.5 Å². The van der Waals surface area contributed by atoms with Crippen molar-refractivity contribution in [2.75, 3.05) is 24.8 Å². The second-order valence-electron chi connectivity index (χ2n) is 6.99. The highest BCUT2D eigenvalue weighted by Gasteiger charge is 2.28. The average Bonchev–Trinajstić information content (AvgIpc) is 3.40. The summed E-state index contributed by atoms with van der Waals surface area (Å²) in [5, 5.41) is 3.05. The van der Waals surface area contributed by atoms with Gasteiger partial charge in [-0.05, 0) is 30.5 Å². The van der Waals surface area contributed by atoms with Gasteiger partial charge in [-0.15, -0.1) is 0 Å². The Morgan fingerprint density at radius 2 is 2.18 bits per heavy atom. The molecule has 9 heteroatoms. The van der Waals surface area contributed by atoms with Crippen LogP contribution in [0.2, 0.25) is 0 Å². The Hall–Kier alpha value is -3.36. The third-order valence-electron chi connectivity index (χ3n) is 5.20. The molecule has 5 rings (SSSR count). The molecule has 9 nitrogen and oxygen atoms in total. The van der Waals surface area contributed by atoms with Crippen molar-refractivity contribution in [3.8, 4) is 11.5 Å². The lowest BCUT2D eigenvalue weighted by Gasteiger charge is -2.32. The van der Waals surface area contributed by atoms with Crippen molar-refractivity contribution in [2.45, 2.75) is 19.4 Å². The standard InChI is InChI=1S/C19H20N6O3/c26-19(20-7-12-3-4-14-15(6-12)28-11-27-14)13-2-1-5-25(8-13)18-16-17(22-9-21-16)23-10-24-18/h3-4,6,9-10,13H,1-2,5,7-8,11H2,(H,20,26)(H,21,22,23,24)/t13-/m1/s1. The first-order valence-electron chi connectivity index (χ1n) is 9.33. The second-order valence-corrected chi connectivity index (χ2v) is 6.99. The van der Waals surface area contributed by atoms with Gasteiger partial charge in [-0.3, -0.25) is 4.79 Å². The molecular weight excluding hydrogens is 360 g/mol. The Morgan fingerprint density at radius 3 is 3.14 bits per heavy atom. The lowest BCUT2D eigenvalue weighted by atomic mass is 9.97. The van der Waals surface area contributed by atoms with Crippen LogP contribution >= 0.6 is 0 Å². The van der Waals surface area contributed by atoms with Gasteiger partial charge in [0.15, 0.2) is 23.0 Å². The Labute approximate surface area is 161 Å². The molecule has 3 aromatic rings. The van der Waals surface area contributed by atoms with Gasteiger partial charge in [0.05, 0.1) is 12.2 Å². The van der Waals surface area contributed by atoms with E-state index in [9.17, 15) is 4.79 Å². The molecule has 2 aromatic heterocycles. The topological polar surface area (TPSA) is 105 Å². The predicted molar refractivity (Wildman–Crippen MR) is 101 cm³/mol. The summed E-state index contributed by atoms with van der Waals surface area (Å²) < 4.78 is 10.7. The molecule has 1 fully saturated rings. The summed E-state index contributed by atoms with van der Waals surface area (Å²) in [5.41, 5.74) is 2.43. The third kappa shape index (κ3) is 3.08. The Bertz CT molecular complexity index is 1020. The number of carbonyl (C=O) groups excluding carboxylic acids is 1. The van der Waals surface area contributed by atoms with Crippen LogP contribution in [0.4, 0.5) is 5.82 Å². The number of imidazole rings is 1. The number of H-pyrrole nitrogens is 1. The Morgan fingerprint density at radius 1 is 1.25 bits per heavy atom. The van der Waals surface area contributed by atoms with Gasteiger partial charge in [-0.25, -0.2) is 15.0 Å². The van der Waals surface area contributed by atoms with E-state index in [4.69, 9.17) is 9.47 Å². The summed E-state index contributed by atoms with van der Waals surface area (Å²) in [6.07, 6.45) is 4.92. The van der Waals surface area contributed by atoms with Gasteiger partial charge in [-0.1, -0.05) is 6.07 Å². The van der Waals surface area contributed by atoms with E-state index in [-0.39, 0.29) is 18.6 Å². The van der Waals surface area contributed by atoms with E-state index in [0.717, 1.165) is 47.8 Å². The largest absolute Gasteiger partial charge is 0.454 e. The minimum Gasteiger partial charge on any atom is -0.454 e. The Kier molecular flexibility index (Phi) is 4.19. The fourth-order valence-corrected chi connectivity index (χ4v) is 3.76. The number of hydrogen-bond donors (Lipinski definition) is 2. The van der Waals surface area contributed by atoms with Gasteiger partial charge in [-0.2, -0.15) is 0 Å². The van der Waals surface area contributed by atoms with Crippen molar-refractivity contribution in [1.82, 2.24) is 25.3 Å². The smallest absolute Gasteiger partial charge is 0.231 e. The van der Waals surface area contributed by atoms with E-state index in [1.54, 1.807) is 6.33 Å². The number of aromatic amines is 1. The van der Waals surface area contributed by atoms with Crippen LogP contribution in [0.25, 0.3) is 11.2 Å². The highest BCUT2D eigenvalue weighted by atomic mass is 16.7. The van der Waals surface area contributed by atoms with Gasteiger partial charge in [0.1, 0.15) is 11.8 Å². The highest BCUT2D eigenvalue weighted by molar-refractivity contribution is 5.84. The number of rotatable bonds is 4. The molecule has 0 aliphatic carbocycles. The SMILES string of the molecule is O=C(NCc1ccc2c(c1)OCO2)[C@@H]1CCCN(c2ncnc3nc[nH]c23)C1. The van der Waals surface area contributed by atoms with E-state index in [1.807, 2.05) is 18.2 Å². The molecule has 1 atom stereocenters. The lowest BCUT2D eigenvalue weighted by Crippen LogP contribution is -2.43. The van der Waals surface area contributed by atoms with Gasteiger partial charge >= 0.3 is 0 Å². The molecule has 4 heterocycles. The number of nitrogens with one attached hydrogen (secondary N) is 2. The van der Waals surface area contributed by atoms with E-state index in [1.165, 1.54) is 6.33 Å². The van der Waals surface area contributed by atoms with Gasteiger partial charge in [0, 0.05) is 19.6 Å². The third-order valence-corrected chi connectivity index (χ3v) is 5.20. The van der Waals surface area contributed by atoms with Crippen LogP contribution in [-0.4, -0.2) is 45.7 Å². The molecule has 1 amide bonds. The van der Waals surface area contributed by atoms with Crippen LogP contribution in [0.15, 0.2) is 30.9 Å². The summed E-state index contributed by atoms with van der Waals surface area (Å²) in [7, 11) is 0. The van der Waals surface area contributed by atoms with E-state index >= 15 is 0 Å².